The summed E-state index contributed by atoms with van der Waals surface area (Å²) >= 11 is 1.81. The van der Waals surface area contributed by atoms with Gasteiger partial charge in [-0.3, -0.25) is 9.89 Å². The van der Waals surface area contributed by atoms with Crippen LogP contribution in [0.2, 0.25) is 0 Å². The normalized spacial score (nSPS) is 22.8. The Labute approximate surface area is 186 Å². The van der Waals surface area contributed by atoms with E-state index in [4.69, 9.17) is 4.99 Å². The molecule has 2 atom stereocenters. The molecule has 0 aromatic carbocycles. The van der Waals surface area contributed by atoms with Crippen LogP contribution in [-0.2, 0) is 0 Å². The molecule has 154 valence electrons. The van der Waals surface area contributed by atoms with Crippen molar-refractivity contribution in [2.45, 2.75) is 57.2 Å². The van der Waals surface area contributed by atoms with Crippen molar-refractivity contribution in [1.82, 2.24) is 20.4 Å². The number of nitrogens with one attached hydrogen (secondary N) is 2. The van der Waals surface area contributed by atoms with Gasteiger partial charge in [-0.05, 0) is 51.7 Å². The predicted molar refractivity (Wildman–Crippen MR) is 128 cm³/mol. The van der Waals surface area contributed by atoms with Crippen molar-refractivity contribution in [1.29, 1.82) is 0 Å². The Kier molecular flexibility index (Phi) is 9.82. The van der Waals surface area contributed by atoms with Crippen LogP contribution < -0.4 is 10.6 Å². The van der Waals surface area contributed by atoms with Gasteiger partial charge in [0.15, 0.2) is 5.96 Å². The number of thiophene rings is 1. The molecule has 1 aromatic rings. The van der Waals surface area contributed by atoms with Crippen LogP contribution in [0.1, 0.15) is 49.9 Å². The van der Waals surface area contributed by atoms with Gasteiger partial charge in [0, 0.05) is 36.6 Å². The number of likely N-dealkylation sites (N-methyl/N-ethyl adjacent to an activating group) is 1. The number of halogens is 1. The molecule has 0 bridgehead atoms. The van der Waals surface area contributed by atoms with E-state index in [1.54, 1.807) is 0 Å². The van der Waals surface area contributed by atoms with Crippen molar-refractivity contribution in [3.8, 4) is 0 Å². The summed E-state index contributed by atoms with van der Waals surface area (Å²) in [4.78, 5) is 11.3. The lowest BCUT2D eigenvalue weighted by Crippen LogP contribution is -2.45. The highest BCUT2D eigenvalue weighted by molar-refractivity contribution is 14.0. The Morgan fingerprint density at radius 2 is 2.11 bits per heavy atom. The molecule has 27 heavy (non-hydrogen) atoms. The fourth-order valence-corrected chi connectivity index (χ4v) is 5.10. The van der Waals surface area contributed by atoms with E-state index in [2.05, 4.69) is 59.0 Å². The maximum absolute atomic E-state index is 4.92. The predicted octanol–water partition coefficient (Wildman–Crippen LogP) is 3.54. The molecule has 1 aliphatic carbocycles. The molecule has 2 unspecified atom stereocenters. The molecule has 0 amide bonds. The minimum absolute atomic E-state index is 0. The Hall–Kier alpha value is -0.380. The monoisotopic (exact) mass is 505 g/mol. The van der Waals surface area contributed by atoms with Crippen LogP contribution in [0.25, 0.3) is 0 Å². The van der Waals surface area contributed by atoms with Gasteiger partial charge in [0.25, 0.3) is 0 Å². The van der Waals surface area contributed by atoms with Crippen molar-refractivity contribution in [2.75, 3.05) is 40.3 Å². The van der Waals surface area contributed by atoms with E-state index < -0.39 is 0 Å². The van der Waals surface area contributed by atoms with Gasteiger partial charge < -0.3 is 15.5 Å². The number of hydrogen-bond donors (Lipinski definition) is 2. The molecule has 2 fully saturated rings. The summed E-state index contributed by atoms with van der Waals surface area (Å²) in [7, 11) is 4.27. The first-order valence-electron chi connectivity index (χ1n) is 10.2. The first-order chi connectivity index (χ1) is 12.7. The van der Waals surface area contributed by atoms with E-state index >= 15 is 0 Å². The highest BCUT2D eigenvalue weighted by Gasteiger charge is 2.30. The van der Waals surface area contributed by atoms with E-state index in [1.807, 2.05) is 11.3 Å². The number of likely N-dealkylation sites (tertiary alicyclic amines) is 1. The molecule has 5 nitrogen and oxygen atoms in total. The first kappa shape index (κ1) is 22.9. The Bertz CT molecular complexity index is 557. The van der Waals surface area contributed by atoms with E-state index in [-0.39, 0.29) is 24.0 Å². The quantitative estimate of drug-likeness (QED) is 0.338. The lowest BCUT2D eigenvalue weighted by molar-refractivity contribution is 0.242. The summed E-state index contributed by atoms with van der Waals surface area (Å²) in [6, 6.07) is 6.02. The number of guanidine groups is 1. The van der Waals surface area contributed by atoms with Gasteiger partial charge in [-0.25, -0.2) is 0 Å². The number of aliphatic imine (C=N–C) groups is 1. The molecule has 1 aliphatic heterocycles. The van der Waals surface area contributed by atoms with Gasteiger partial charge in [0.1, 0.15) is 0 Å². The van der Waals surface area contributed by atoms with Gasteiger partial charge in [-0.15, -0.1) is 35.3 Å². The maximum Gasteiger partial charge on any atom is 0.191 e. The van der Waals surface area contributed by atoms with Gasteiger partial charge in [-0.1, -0.05) is 18.9 Å². The zero-order valence-electron chi connectivity index (χ0n) is 17.0. The molecule has 0 spiro atoms. The second kappa shape index (κ2) is 11.6. The summed E-state index contributed by atoms with van der Waals surface area (Å²) in [6.07, 6.45) is 6.84. The Morgan fingerprint density at radius 1 is 1.33 bits per heavy atom. The average Bonchev–Trinajstić information content (AvgIpc) is 3.37. The molecule has 7 heteroatoms. The molecule has 1 saturated heterocycles. The average molecular weight is 506 g/mol. The van der Waals surface area contributed by atoms with E-state index in [0.717, 1.165) is 31.6 Å². The lowest BCUT2D eigenvalue weighted by Gasteiger charge is -2.25. The van der Waals surface area contributed by atoms with Crippen LogP contribution in [0.15, 0.2) is 22.5 Å². The summed E-state index contributed by atoms with van der Waals surface area (Å²) in [5.74, 6) is 0.967. The Morgan fingerprint density at radius 3 is 2.74 bits per heavy atom. The molecule has 2 aliphatic rings. The van der Waals surface area contributed by atoms with Crippen LogP contribution >= 0.6 is 35.3 Å². The number of hydrogen-bond acceptors (Lipinski definition) is 4. The molecule has 1 saturated carbocycles. The zero-order chi connectivity index (χ0) is 18.4. The fourth-order valence-electron chi connectivity index (χ4n) is 4.19. The van der Waals surface area contributed by atoms with E-state index in [9.17, 15) is 0 Å². The molecule has 0 radical (unpaired) electrons. The Balaban J connectivity index is 0.00000261. The molecule has 2 heterocycles. The standard InChI is InChI=1S/C20H35N5S.HI/c1-4-21-20(22-14-18(24(2)3)19-10-7-13-26-19)23-16-11-12-25(15-16)17-8-5-6-9-17;/h7,10,13,16-18H,4-6,8-9,11-12,14-15H2,1-3H3,(H2,21,22,23);1H. The van der Waals surface area contributed by atoms with Crippen LogP contribution in [-0.4, -0.2) is 68.1 Å². The third kappa shape index (κ3) is 6.58. The lowest BCUT2D eigenvalue weighted by atomic mass is 10.2. The summed E-state index contributed by atoms with van der Waals surface area (Å²) < 4.78 is 0. The fraction of sp³-hybridized carbons (Fsp3) is 0.750. The molecule has 3 rings (SSSR count). The third-order valence-electron chi connectivity index (χ3n) is 5.66. The summed E-state index contributed by atoms with van der Waals surface area (Å²) in [5, 5.41) is 9.28. The van der Waals surface area contributed by atoms with Gasteiger partial charge >= 0.3 is 0 Å². The van der Waals surface area contributed by atoms with E-state index in [0.29, 0.717) is 12.1 Å². The van der Waals surface area contributed by atoms with Crippen molar-refractivity contribution in [3.63, 3.8) is 0 Å². The smallest absolute Gasteiger partial charge is 0.191 e. The van der Waals surface area contributed by atoms with Crippen molar-refractivity contribution >= 4 is 41.3 Å². The summed E-state index contributed by atoms with van der Waals surface area (Å²) in [5.41, 5.74) is 0. The second-order valence-electron chi connectivity index (χ2n) is 7.78. The first-order valence-corrected chi connectivity index (χ1v) is 11.0. The minimum atomic E-state index is 0. The van der Waals surface area contributed by atoms with Gasteiger partial charge in [-0.2, -0.15) is 0 Å². The number of nitrogens with zero attached hydrogens (tertiary/aromatic N) is 3. The molecular formula is C20H36IN5S. The highest BCUT2D eigenvalue weighted by atomic mass is 127. The largest absolute Gasteiger partial charge is 0.357 e. The number of rotatable bonds is 7. The molecule has 1 aromatic heterocycles. The van der Waals surface area contributed by atoms with E-state index in [1.165, 1.54) is 43.5 Å². The zero-order valence-corrected chi connectivity index (χ0v) is 20.1. The topological polar surface area (TPSA) is 42.9 Å². The van der Waals surface area contributed by atoms with Gasteiger partial charge in [0.2, 0.25) is 0 Å². The SMILES string of the molecule is CCNC(=NCC(c1cccs1)N(C)C)NC1CCN(C2CCCC2)C1.I. The summed E-state index contributed by atoms with van der Waals surface area (Å²) in [6.45, 7) is 6.21. The van der Waals surface area contributed by atoms with Crippen molar-refractivity contribution in [3.05, 3.63) is 22.4 Å². The molecule has 2 N–H and O–H groups in total. The van der Waals surface area contributed by atoms with Crippen molar-refractivity contribution < 1.29 is 0 Å². The molecular weight excluding hydrogens is 469 g/mol. The second-order valence-corrected chi connectivity index (χ2v) is 8.76. The maximum atomic E-state index is 4.92. The highest BCUT2D eigenvalue weighted by Crippen LogP contribution is 2.26. The van der Waals surface area contributed by atoms with Crippen LogP contribution in [0.4, 0.5) is 0 Å². The van der Waals surface area contributed by atoms with Gasteiger partial charge in [0.05, 0.1) is 12.6 Å². The minimum Gasteiger partial charge on any atom is -0.357 e. The van der Waals surface area contributed by atoms with Crippen LogP contribution in [0, 0.1) is 0 Å². The van der Waals surface area contributed by atoms with Crippen molar-refractivity contribution in [2.24, 2.45) is 4.99 Å². The van der Waals surface area contributed by atoms with Crippen LogP contribution in [0.3, 0.4) is 0 Å². The third-order valence-corrected chi connectivity index (χ3v) is 6.64. The van der Waals surface area contributed by atoms with Crippen LogP contribution in [0.5, 0.6) is 0 Å².